The van der Waals surface area contributed by atoms with Gasteiger partial charge in [0.1, 0.15) is 17.4 Å². The first kappa shape index (κ1) is 22.0. The number of nitriles is 1. The first-order valence-electron chi connectivity index (χ1n) is 11.5. The van der Waals surface area contributed by atoms with Gasteiger partial charge in [0.15, 0.2) is 5.82 Å². The normalized spacial score (nSPS) is 18.1. The second-order valence-corrected chi connectivity index (χ2v) is 8.79. The number of rotatable bonds is 4. The van der Waals surface area contributed by atoms with E-state index in [4.69, 9.17) is 5.26 Å². The van der Waals surface area contributed by atoms with Crippen molar-refractivity contribution >= 4 is 10.8 Å². The van der Waals surface area contributed by atoms with E-state index >= 15 is 0 Å². The Morgan fingerprint density at radius 3 is 2.38 bits per heavy atom. The van der Waals surface area contributed by atoms with Crippen LogP contribution in [0.15, 0.2) is 48.5 Å². The van der Waals surface area contributed by atoms with Crippen LogP contribution in [0.5, 0.6) is 0 Å². The Kier molecular flexibility index (Phi) is 6.87. The molecule has 3 heteroatoms. The minimum Gasteiger partial charge on any atom is -0.205 e. The van der Waals surface area contributed by atoms with Crippen molar-refractivity contribution in [1.29, 1.82) is 5.26 Å². The van der Waals surface area contributed by atoms with Gasteiger partial charge in [-0.3, -0.25) is 0 Å². The van der Waals surface area contributed by atoms with Gasteiger partial charge in [-0.25, -0.2) is 8.78 Å². The molecule has 0 spiro atoms. The van der Waals surface area contributed by atoms with Crippen LogP contribution in [0.3, 0.4) is 0 Å². The molecule has 0 atom stereocenters. The van der Waals surface area contributed by atoms with E-state index < -0.39 is 17.2 Å². The number of hydrogen-bond donors (Lipinski definition) is 0. The summed E-state index contributed by atoms with van der Waals surface area (Å²) in [7, 11) is 0. The molecule has 0 aromatic heterocycles. The summed E-state index contributed by atoms with van der Waals surface area (Å²) in [4.78, 5) is 0. The third kappa shape index (κ3) is 4.68. The summed E-state index contributed by atoms with van der Waals surface area (Å²) < 4.78 is 28.6. The Morgan fingerprint density at radius 1 is 0.938 bits per heavy atom. The molecule has 0 saturated heterocycles. The molecule has 1 nitrogen and oxygen atoms in total. The van der Waals surface area contributed by atoms with E-state index in [2.05, 4.69) is 30.9 Å². The Labute approximate surface area is 189 Å². The fourth-order valence-corrected chi connectivity index (χ4v) is 4.82. The third-order valence-electron chi connectivity index (χ3n) is 6.72. The van der Waals surface area contributed by atoms with Crippen LogP contribution < -0.4 is 0 Å². The Bertz CT molecular complexity index is 1200. The van der Waals surface area contributed by atoms with Crippen LogP contribution in [0, 0.1) is 40.7 Å². The van der Waals surface area contributed by atoms with E-state index in [1.807, 2.05) is 12.1 Å². The van der Waals surface area contributed by atoms with Crippen molar-refractivity contribution in [2.24, 2.45) is 5.92 Å². The third-order valence-corrected chi connectivity index (χ3v) is 6.72. The largest absolute Gasteiger partial charge is 0.205 e. The summed E-state index contributed by atoms with van der Waals surface area (Å²) in [5, 5.41) is 9.57. The fourth-order valence-electron chi connectivity index (χ4n) is 4.82. The van der Waals surface area contributed by atoms with E-state index in [1.165, 1.54) is 56.6 Å². The molecule has 1 aliphatic rings. The first-order valence-corrected chi connectivity index (χ1v) is 11.5. The predicted molar refractivity (Wildman–Crippen MR) is 125 cm³/mol. The van der Waals surface area contributed by atoms with Crippen molar-refractivity contribution in [3.63, 3.8) is 0 Å². The van der Waals surface area contributed by atoms with Crippen molar-refractivity contribution in [3.05, 3.63) is 82.4 Å². The molecule has 0 aliphatic heterocycles. The van der Waals surface area contributed by atoms with Crippen LogP contribution >= 0.6 is 0 Å². The second kappa shape index (κ2) is 9.97. The maximum Gasteiger partial charge on any atom is 0.151 e. The molecular weight excluding hydrogens is 400 g/mol. The van der Waals surface area contributed by atoms with Crippen molar-refractivity contribution in [2.75, 3.05) is 0 Å². The first-order chi connectivity index (χ1) is 15.6. The van der Waals surface area contributed by atoms with Crippen LogP contribution in [-0.2, 0) is 0 Å². The molecule has 0 N–H and O–H groups in total. The molecule has 0 heterocycles. The predicted octanol–water partition coefficient (Wildman–Crippen LogP) is 7.85. The molecular formula is C29H27F2N. The van der Waals surface area contributed by atoms with Crippen molar-refractivity contribution in [3.8, 4) is 17.9 Å². The monoisotopic (exact) mass is 427 g/mol. The summed E-state index contributed by atoms with van der Waals surface area (Å²) in [5.41, 5.74) is 2.23. The molecule has 3 aromatic carbocycles. The number of hydrogen-bond acceptors (Lipinski definition) is 1. The number of fused-ring (bicyclic) bond motifs is 1. The van der Waals surface area contributed by atoms with Crippen molar-refractivity contribution in [2.45, 2.75) is 57.8 Å². The van der Waals surface area contributed by atoms with Gasteiger partial charge in [-0.1, -0.05) is 62.3 Å². The molecule has 32 heavy (non-hydrogen) atoms. The zero-order valence-corrected chi connectivity index (χ0v) is 18.4. The van der Waals surface area contributed by atoms with Gasteiger partial charge in [-0.05, 0) is 67.3 Å². The standard InChI is InChI=1S/C29H27F2N/c1-2-3-5-20-8-13-22(14-9-20)23-15-10-21(11-16-23)12-17-24-6-4-7-25-26(24)18-28(30)27(19-32)29(25)31/h4,6-7,10-11,15-16,18,20,22H,2-3,5,8-9,13-14H2,1H3. The molecule has 162 valence electrons. The van der Waals surface area contributed by atoms with Gasteiger partial charge in [0.25, 0.3) is 0 Å². The lowest BCUT2D eigenvalue weighted by Crippen LogP contribution is -2.13. The highest BCUT2D eigenvalue weighted by molar-refractivity contribution is 5.90. The van der Waals surface area contributed by atoms with E-state index in [-0.39, 0.29) is 5.39 Å². The highest BCUT2D eigenvalue weighted by Crippen LogP contribution is 2.37. The fraction of sp³-hybridized carbons (Fsp3) is 0.345. The summed E-state index contributed by atoms with van der Waals surface area (Å²) in [6.45, 7) is 2.26. The van der Waals surface area contributed by atoms with Crippen LogP contribution in [0.25, 0.3) is 10.8 Å². The lowest BCUT2D eigenvalue weighted by atomic mass is 9.77. The average molecular weight is 428 g/mol. The minimum absolute atomic E-state index is 0.208. The van der Waals surface area contributed by atoms with Crippen molar-refractivity contribution in [1.82, 2.24) is 0 Å². The quantitative estimate of drug-likeness (QED) is 0.389. The molecule has 0 unspecified atom stereocenters. The smallest absolute Gasteiger partial charge is 0.151 e. The molecule has 1 aliphatic carbocycles. The maximum atomic E-state index is 14.5. The van der Waals surface area contributed by atoms with E-state index in [0.717, 1.165) is 11.5 Å². The zero-order chi connectivity index (χ0) is 22.5. The molecule has 0 radical (unpaired) electrons. The van der Waals surface area contributed by atoms with E-state index in [0.29, 0.717) is 16.9 Å². The van der Waals surface area contributed by atoms with Crippen LogP contribution in [-0.4, -0.2) is 0 Å². The second-order valence-electron chi connectivity index (χ2n) is 8.79. The number of unbranched alkanes of at least 4 members (excludes halogenated alkanes) is 1. The number of benzene rings is 3. The van der Waals surface area contributed by atoms with E-state index in [1.54, 1.807) is 24.3 Å². The summed E-state index contributed by atoms with van der Waals surface area (Å²) in [6.07, 6.45) is 9.18. The highest BCUT2D eigenvalue weighted by Gasteiger charge is 2.21. The van der Waals surface area contributed by atoms with Gasteiger partial charge < -0.3 is 0 Å². The number of nitrogens with zero attached hydrogens (tertiary/aromatic N) is 1. The van der Waals surface area contributed by atoms with Crippen LogP contribution in [0.2, 0.25) is 0 Å². The highest BCUT2D eigenvalue weighted by atomic mass is 19.1. The lowest BCUT2D eigenvalue weighted by molar-refractivity contribution is 0.304. The molecule has 3 aromatic rings. The molecule has 0 bridgehead atoms. The molecule has 1 fully saturated rings. The van der Waals surface area contributed by atoms with E-state index in [9.17, 15) is 8.78 Å². The minimum atomic E-state index is -0.861. The van der Waals surface area contributed by atoms with Crippen LogP contribution in [0.1, 0.15) is 80.0 Å². The molecule has 0 amide bonds. The zero-order valence-electron chi connectivity index (χ0n) is 18.4. The molecule has 1 saturated carbocycles. The van der Waals surface area contributed by atoms with Gasteiger partial charge in [0.2, 0.25) is 0 Å². The number of halogens is 2. The molecule has 4 rings (SSSR count). The average Bonchev–Trinajstić information content (AvgIpc) is 2.82. The van der Waals surface area contributed by atoms with Gasteiger partial charge in [-0.15, -0.1) is 0 Å². The summed E-state index contributed by atoms with van der Waals surface area (Å²) in [5.74, 6) is 6.01. The summed E-state index contributed by atoms with van der Waals surface area (Å²) >= 11 is 0. The maximum absolute atomic E-state index is 14.5. The van der Waals surface area contributed by atoms with Crippen molar-refractivity contribution < 1.29 is 8.78 Å². The van der Waals surface area contributed by atoms with Gasteiger partial charge >= 0.3 is 0 Å². The van der Waals surface area contributed by atoms with Gasteiger partial charge in [0.05, 0.1) is 0 Å². The van der Waals surface area contributed by atoms with Crippen LogP contribution in [0.4, 0.5) is 8.78 Å². The Morgan fingerprint density at radius 2 is 1.69 bits per heavy atom. The van der Waals surface area contributed by atoms with Gasteiger partial charge in [-0.2, -0.15) is 5.26 Å². The topological polar surface area (TPSA) is 23.8 Å². The Balaban J connectivity index is 1.51. The summed E-state index contributed by atoms with van der Waals surface area (Å²) in [6, 6.07) is 16.2. The Hall–Kier alpha value is -3.17. The lowest BCUT2D eigenvalue weighted by Gasteiger charge is -2.28. The SMILES string of the molecule is CCCCC1CCC(c2ccc(C#Cc3cccc4c(F)c(C#N)c(F)cc34)cc2)CC1. The van der Waals surface area contributed by atoms with Gasteiger partial charge in [0, 0.05) is 21.9 Å².